The second kappa shape index (κ2) is 6.35. The molecule has 0 bridgehead atoms. The van der Waals surface area contributed by atoms with Crippen LogP contribution >= 0.6 is 0 Å². The highest BCUT2D eigenvalue weighted by Gasteiger charge is 2.17. The number of hydrogen-bond acceptors (Lipinski definition) is 0. The zero-order chi connectivity index (χ0) is 19.2. The van der Waals surface area contributed by atoms with Crippen molar-refractivity contribution in [2.45, 2.75) is 0 Å². The topological polar surface area (TPSA) is 15.8 Å². The van der Waals surface area contributed by atoms with Gasteiger partial charge in [0.1, 0.15) is 0 Å². The Balaban J connectivity index is 1.81. The molecule has 0 fully saturated rings. The van der Waals surface area contributed by atoms with E-state index in [2.05, 4.69) is 114 Å². The van der Waals surface area contributed by atoms with Crippen molar-refractivity contribution < 1.29 is 0 Å². The van der Waals surface area contributed by atoms with Gasteiger partial charge in [-0.1, -0.05) is 103 Å². The molecule has 0 aliphatic rings. The van der Waals surface area contributed by atoms with Crippen LogP contribution in [-0.2, 0) is 0 Å². The number of hydrogen-bond donors (Lipinski definition) is 1. The summed E-state index contributed by atoms with van der Waals surface area (Å²) in [6.07, 6.45) is 0. The largest absolute Gasteiger partial charge is 0.354 e. The Labute approximate surface area is 169 Å². The fourth-order valence-corrected chi connectivity index (χ4v) is 4.50. The van der Waals surface area contributed by atoms with Gasteiger partial charge in [-0.25, -0.2) is 0 Å². The Kier molecular flexibility index (Phi) is 3.54. The number of benzene rings is 5. The molecule has 0 aliphatic carbocycles. The van der Waals surface area contributed by atoms with Crippen molar-refractivity contribution in [1.82, 2.24) is 4.98 Å². The van der Waals surface area contributed by atoms with E-state index in [-0.39, 0.29) is 0 Å². The molecule has 0 radical (unpaired) electrons. The summed E-state index contributed by atoms with van der Waals surface area (Å²) in [6.45, 7) is 0. The summed E-state index contributed by atoms with van der Waals surface area (Å²) in [4.78, 5) is 3.72. The molecule has 0 saturated carbocycles. The van der Waals surface area contributed by atoms with Crippen LogP contribution in [0.5, 0.6) is 0 Å². The van der Waals surface area contributed by atoms with Gasteiger partial charge in [0.15, 0.2) is 0 Å². The smallest absolute Gasteiger partial charge is 0.0551 e. The Morgan fingerprint density at radius 1 is 0.448 bits per heavy atom. The normalized spacial score (nSPS) is 11.4. The maximum absolute atomic E-state index is 3.72. The van der Waals surface area contributed by atoms with Gasteiger partial charge in [0.25, 0.3) is 0 Å². The minimum atomic E-state index is 1.18. The van der Waals surface area contributed by atoms with E-state index in [1.165, 1.54) is 54.8 Å². The minimum absolute atomic E-state index is 1.18. The second-order valence-electron chi connectivity index (χ2n) is 7.47. The van der Waals surface area contributed by atoms with E-state index >= 15 is 0 Å². The van der Waals surface area contributed by atoms with Gasteiger partial charge in [-0.3, -0.25) is 0 Å². The predicted molar refractivity (Wildman–Crippen MR) is 124 cm³/mol. The molecule has 0 atom stereocenters. The quantitative estimate of drug-likeness (QED) is 0.320. The Morgan fingerprint density at radius 2 is 1.17 bits per heavy atom. The summed E-state index contributed by atoms with van der Waals surface area (Å²) >= 11 is 0. The molecule has 1 aromatic heterocycles. The molecule has 1 heteroatoms. The third-order valence-corrected chi connectivity index (χ3v) is 5.83. The molecule has 29 heavy (non-hydrogen) atoms. The van der Waals surface area contributed by atoms with Crippen LogP contribution in [-0.4, -0.2) is 4.98 Å². The molecule has 136 valence electrons. The van der Waals surface area contributed by atoms with Crippen LogP contribution in [0.2, 0.25) is 0 Å². The zero-order valence-electron chi connectivity index (χ0n) is 15.9. The highest BCUT2D eigenvalue weighted by molar-refractivity contribution is 6.17. The molecule has 0 unspecified atom stereocenters. The Bertz CT molecular complexity index is 1480. The summed E-state index contributed by atoms with van der Waals surface area (Å²) in [6, 6.07) is 39.0. The number of nitrogens with one attached hydrogen (secondary N) is 1. The van der Waals surface area contributed by atoms with Crippen LogP contribution in [0.1, 0.15) is 0 Å². The predicted octanol–water partition coefficient (Wildman–Crippen LogP) is 7.81. The van der Waals surface area contributed by atoms with Crippen LogP contribution in [0.4, 0.5) is 0 Å². The first-order chi connectivity index (χ1) is 14.4. The Morgan fingerprint density at radius 3 is 2.07 bits per heavy atom. The van der Waals surface area contributed by atoms with Crippen molar-refractivity contribution in [2.75, 3.05) is 0 Å². The molecule has 6 aromatic rings. The van der Waals surface area contributed by atoms with E-state index in [9.17, 15) is 0 Å². The highest BCUT2D eigenvalue weighted by atomic mass is 14.7. The van der Waals surface area contributed by atoms with Gasteiger partial charge in [0.2, 0.25) is 0 Å². The molecule has 6 rings (SSSR count). The first-order valence-electron chi connectivity index (χ1n) is 9.97. The van der Waals surface area contributed by atoms with E-state index in [1.54, 1.807) is 0 Å². The van der Waals surface area contributed by atoms with Gasteiger partial charge < -0.3 is 4.98 Å². The number of rotatable bonds is 2. The second-order valence-corrected chi connectivity index (χ2v) is 7.47. The number of aromatic nitrogens is 1. The van der Waals surface area contributed by atoms with E-state index in [4.69, 9.17) is 0 Å². The van der Waals surface area contributed by atoms with Crippen molar-refractivity contribution in [3.05, 3.63) is 109 Å². The summed E-state index contributed by atoms with van der Waals surface area (Å²) in [5.41, 5.74) is 7.39. The molecule has 0 spiro atoms. The fourth-order valence-electron chi connectivity index (χ4n) is 4.50. The van der Waals surface area contributed by atoms with Crippen molar-refractivity contribution in [3.8, 4) is 22.3 Å². The zero-order valence-corrected chi connectivity index (χ0v) is 15.9. The molecular formula is C28H19N. The molecule has 5 aromatic carbocycles. The number of para-hydroxylation sites is 1. The van der Waals surface area contributed by atoms with Gasteiger partial charge in [0, 0.05) is 21.9 Å². The molecular weight excluding hydrogens is 350 g/mol. The summed E-state index contributed by atoms with van der Waals surface area (Å²) in [7, 11) is 0. The van der Waals surface area contributed by atoms with Crippen LogP contribution < -0.4 is 0 Å². The fraction of sp³-hybridized carbons (Fsp3) is 0. The van der Waals surface area contributed by atoms with E-state index < -0.39 is 0 Å². The monoisotopic (exact) mass is 369 g/mol. The van der Waals surface area contributed by atoms with Gasteiger partial charge in [0.05, 0.1) is 5.52 Å². The molecule has 0 amide bonds. The minimum Gasteiger partial charge on any atom is -0.354 e. The van der Waals surface area contributed by atoms with E-state index in [1.807, 2.05) is 0 Å². The lowest BCUT2D eigenvalue weighted by Gasteiger charge is -2.14. The van der Waals surface area contributed by atoms with E-state index in [0.717, 1.165) is 0 Å². The number of fused-ring (bicyclic) bond motifs is 4. The first kappa shape index (κ1) is 16.1. The van der Waals surface area contributed by atoms with Gasteiger partial charge in [-0.15, -0.1) is 0 Å². The summed E-state index contributed by atoms with van der Waals surface area (Å²) < 4.78 is 0. The van der Waals surface area contributed by atoms with Gasteiger partial charge in [-0.2, -0.15) is 0 Å². The van der Waals surface area contributed by atoms with E-state index in [0.29, 0.717) is 0 Å². The van der Waals surface area contributed by atoms with Crippen molar-refractivity contribution >= 4 is 32.6 Å². The Hall–Kier alpha value is -3.84. The molecule has 0 aliphatic heterocycles. The average Bonchev–Trinajstić information content (AvgIpc) is 3.17. The van der Waals surface area contributed by atoms with Crippen LogP contribution in [0.25, 0.3) is 54.8 Å². The molecule has 0 saturated heterocycles. The first-order valence-corrected chi connectivity index (χ1v) is 9.97. The lowest BCUT2D eigenvalue weighted by atomic mass is 9.89. The van der Waals surface area contributed by atoms with Crippen LogP contribution in [0.3, 0.4) is 0 Å². The average molecular weight is 369 g/mol. The van der Waals surface area contributed by atoms with Gasteiger partial charge >= 0.3 is 0 Å². The standard InChI is InChI=1S/C28H19N/c1-2-9-20(10-3-1)22-17-18-25-23-14-6-7-16-26(23)29-28(25)27(22)24-15-8-12-19-11-4-5-13-21(19)24/h1-18,29H. The lowest BCUT2D eigenvalue weighted by Crippen LogP contribution is -1.89. The maximum Gasteiger partial charge on any atom is 0.0551 e. The van der Waals surface area contributed by atoms with Crippen molar-refractivity contribution in [2.24, 2.45) is 0 Å². The highest BCUT2D eigenvalue weighted by Crippen LogP contribution is 2.42. The maximum atomic E-state index is 3.72. The van der Waals surface area contributed by atoms with Crippen molar-refractivity contribution in [3.63, 3.8) is 0 Å². The van der Waals surface area contributed by atoms with Crippen LogP contribution in [0.15, 0.2) is 109 Å². The SMILES string of the molecule is c1ccc(-c2ccc3c([nH]c4ccccc43)c2-c2cccc3ccccc23)cc1. The third kappa shape index (κ3) is 2.48. The van der Waals surface area contributed by atoms with Crippen molar-refractivity contribution in [1.29, 1.82) is 0 Å². The lowest BCUT2D eigenvalue weighted by molar-refractivity contribution is 1.53. The molecule has 1 N–H and O–H groups in total. The molecule has 1 nitrogen and oxygen atoms in total. The summed E-state index contributed by atoms with van der Waals surface area (Å²) in [5, 5.41) is 5.07. The summed E-state index contributed by atoms with van der Waals surface area (Å²) in [5.74, 6) is 0. The van der Waals surface area contributed by atoms with Gasteiger partial charge in [-0.05, 0) is 33.5 Å². The third-order valence-electron chi connectivity index (χ3n) is 5.83. The number of H-pyrrole nitrogens is 1. The molecule has 1 heterocycles. The number of aromatic amines is 1. The van der Waals surface area contributed by atoms with Crippen LogP contribution in [0, 0.1) is 0 Å².